The zero-order valence-corrected chi connectivity index (χ0v) is 7.82. The van der Waals surface area contributed by atoms with E-state index in [9.17, 15) is 4.79 Å². The van der Waals surface area contributed by atoms with Crippen LogP contribution in [0, 0.1) is 6.92 Å². The van der Waals surface area contributed by atoms with Crippen molar-refractivity contribution >= 4 is 12.6 Å². The molecule has 13 heavy (non-hydrogen) atoms. The lowest BCUT2D eigenvalue weighted by Crippen LogP contribution is -2.20. The van der Waals surface area contributed by atoms with Crippen LogP contribution in [0.1, 0.15) is 15.9 Å². The van der Waals surface area contributed by atoms with Crippen LogP contribution in [0.4, 0.5) is 0 Å². The van der Waals surface area contributed by atoms with Crippen LogP contribution in [0.25, 0.3) is 0 Å². The van der Waals surface area contributed by atoms with Crippen LogP contribution in [0.15, 0.2) is 29.4 Å². The van der Waals surface area contributed by atoms with Crippen molar-refractivity contribution in [1.82, 2.24) is 5.01 Å². The van der Waals surface area contributed by atoms with Crippen LogP contribution in [-0.2, 0) is 0 Å². The van der Waals surface area contributed by atoms with Gasteiger partial charge in [0, 0.05) is 19.3 Å². The highest BCUT2D eigenvalue weighted by molar-refractivity contribution is 5.93. The number of nitrogens with zero attached hydrogens (tertiary/aromatic N) is 2. The normalized spacial score (nSPS) is 9.38. The van der Waals surface area contributed by atoms with Gasteiger partial charge in [-0.1, -0.05) is 17.7 Å². The van der Waals surface area contributed by atoms with Gasteiger partial charge in [0.1, 0.15) is 0 Å². The average Bonchev–Trinajstić information content (AvgIpc) is 2.17. The molecular formula is C10H12N2O. The molecule has 0 radical (unpaired) electrons. The molecule has 3 heteroatoms. The van der Waals surface area contributed by atoms with Crippen molar-refractivity contribution in [1.29, 1.82) is 0 Å². The minimum atomic E-state index is -0.144. The highest BCUT2D eigenvalue weighted by Crippen LogP contribution is 2.05. The Morgan fingerprint density at radius 3 is 2.38 bits per heavy atom. The van der Waals surface area contributed by atoms with Crippen LogP contribution < -0.4 is 0 Å². The van der Waals surface area contributed by atoms with Crippen LogP contribution in [0.2, 0.25) is 0 Å². The summed E-state index contributed by atoms with van der Waals surface area (Å²) in [6.45, 7) is 5.26. The van der Waals surface area contributed by atoms with Crippen LogP contribution in [-0.4, -0.2) is 24.7 Å². The summed E-state index contributed by atoms with van der Waals surface area (Å²) in [6, 6.07) is 7.34. The summed E-state index contributed by atoms with van der Waals surface area (Å²) >= 11 is 0. The van der Waals surface area contributed by atoms with Crippen molar-refractivity contribution in [2.45, 2.75) is 6.92 Å². The molecule has 0 aliphatic rings. The third-order valence-electron chi connectivity index (χ3n) is 1.80. The second-order valence-electron chi connectivity index (χ2n) is 2.84. The third-order valence-corrected chi connectivity index (χ3v) is 1.80. The molecule has 0 bridgehead atoms. The van der Waals surface area contributed by atoms with Crippen LogP contribution in [0.3, 0.4) is 0 Å². The van der Waals surface area contributed by atoms with Crippen molar-refractivity contribution in [3.63, 3.8) is 0 Å². The van der Waals surface area contributed by atoms with Crippen LogP contribution >= 0.6 is 0 Å². The molecule has 0 aliphatic heterocycles. The van der Waals surface area contributed by atoms with Gasteiger partial charge in [-0.25, -0.2) is 5.01 Å². The van der Waals surface area contributed by atoms with E-state index in [1.54, 1.807) is 19.2 Å². The maximum atomic E-state index is 11.5. The molecule has 0 aromatic heterocycles. The first kappa shape index (κ1) is 9.45. The Hall–Kier alpha value is -1.64. The molecule has 3 nitrogen and oxygen atoms in total. The zero-order chi connectivity index (χ0) is 9.84. The van der Waals surface area contributed by atoms with Crippen molar-refractivity contribution in [3.8, 4) is 0 Å². The van der Waals surface area contributed by atoms with Gasteiger partial charge in [-0.05, 0) is 19.1 Å². The first-order valence-electron chi connectivity index (χ1n) is 3.96. The Morgan fingerprint density at radius 1 is 1.38 bits per heavy atom. The molecule has 0 heterocycles. The second kappa shape index (κ2) is 3.85. The van der Waals surface area contributed by atoms with E-state index in [0.717, 1.165) is 5.56 Å². The minimum absolute atomic E-state index is 0.144. The van der Waals surface area contributed by atoms with E-state index in [1.165, 1.54) is 5.01 Å². The number of benzene rings is 1. The summed E-state index contributed by atoms with van der Waals surface area (Å²) in [5.41, 5.74) is 1.76. The maximum absolute atomic E-state index is 11.5. The second-order valence-corrected chi connectivity index (χ2v) is 2.84. The monoisotopic (exact) mass is 176 g/mol. The van der Waals surface area contributed by atoms with Gasteiger partial charge >= 0.3 is 0 Å². The lowest BCUT2D eigenvalue weighted by atomic mass is 10.1. The molecule has 0 N–H and O–H groups in total. The number of carbonyl (C=O) groups is 1. The Kier molecular flexibility index (Phi) is 2.80. The summed E-state index contributed by atoms with van der Waals surface area (Å²) < 4.78 is 0. The Labute approximate surface area is 77.7 Å². The molecular weight excluding hydrogens is 164 g/mol. The van der Waals surface area contributed by atoms with Crippen molar-refractivity contribution in [2.75, 3.05) is 7.05 Å². The predicted molar refractivity (Wildman–Crippen MR) is 52.8 cm³/mol. The number of aryl methyl sites for hydroxylation is 1. The molecule has 0 atom stereocenters. The number of hydrogen-bond acceptors (Lipinski definition) is 2. The molecule has 0 spiro atoms. The van der Waals surface area contributed by atoms with Crippen molar-refractivity contribution < 1.29 is 4.79 Å². The topological polar surface area (TPSA) is 32.7 Å². The lowest BCUT2D eigenvalue weighted by molar-refractivity contribution is 0.0801. The predicted octanol–water partition coefficient (Wildman–Crippen LogP) is 1.68. The van der Waals surface area contributed by atoms with Gasteiger partial charge < -0.3 is 0 Å². The van der Waals surface area contributed by atoms with E-state index in [2.05, 4.69) is 11.8 Å². The van der Waals surface area contributed by atoms with E-state index >= 15 is 0 Å². The molecule has 0 unspecified atom stereocenters. The van der Waals surface area contributed by atoms with Crippen molar-refractivity contribution in [3.05, 3.63) is 35.4 Å². The number of hydrazone groups is 1. The van der Waals surface area contributed by atoms with Gasteiger partial charge in [-0.2, -0.15) is 5.10 Å². The molecule has 1 aromatic carbocycles. The standard InChI is InChI=1S/C10H12N2O/c1-8-4-6-9(7-5-8)10(13)12(3)11-2/h4-7H,2H2,1,3H3. The van der Waals surface area contributed by atoms with E-state index < -0.39 is 0 Å². The van der Waals surface area contributed by atoms with E-state index in [0.29, 0.717) is 5.56 Å². The van der Waals surface area contributed by atoms with E-state index in [1.807, 2.05) is 19.1 Å². The quantitative estimate of drug-likeness (QED) is 0.498. The molecule has 1 aromatic rings. The first-order valence-corrected chi connectivity index (χ1v) is 3.96. The summed E-state index contributed by atoms with van der Waals surface area (Å²) in [5.74, 6) is -0.144. The fourth-order valence-corrected chi connectivity index (χ4v) is 0.947. The maximum Gasteiger partial charge on any atom is 0.273 e. The van der Waals surface area contributed by atoms with Crippen molar-refractivity contribution in [2.24, 2.45) is 5.10 Å². The highest BCUT2D eigenvalue weighted by Gasteiger charge is 2.08. The molecule has 0 saturated heterocycles. The Morgan fingerprint density at radius 2 is 1.92 bits per heavy atom. The molecule has 0 saturated carbocycles. The van der Waals surface area contributed by atoms with Gasteiger partial charge in [-0.3, -0.25) is 4.79 Å². The SMILES string of the molecule is C=NN(C)C(=O)c1ccc(C)cc1. The lowest BCUT2D eigenvalue weighted by Gasteiger charge is -2.09. The van der Waals surface area contributed by atoms with Gasteiger partial charge in [0.25, 0.3) is 5.91 Å². The summed E-state index contributed by atoms with van der Waals surface area (Å²) in [7, 11) is 1.58. The molecule has 1 amide bonds. The Balaban J connectivity index is 2.89. The Bertz CT molecular complexity index is 316. The molecule has 1 rings (SSSR count). The highest BCUT2D eigenvalue weighted by atomic mass is 16.2. The van der Waals surface area contributed by atoms with Gasteiger partial charge in [-0.15, -0.1) is 0 Å². The number of hydrogen-bond donors (Lipinski definition) is 0. The van der Waals surface area contributed by atoms with Gasteiger partial charge in [0.15, 0.2) is 0 Å². The number of rotatable bonds is 2. The fourth-order valence-electron chi connectivity index (χ4n) is 0.947. The molecule has 0 aliphatic carbocycles. The van der Waals surface area contributed by atoms with E-state index in [4.69, 9.17) is 0 Å². The van der Waals surface area contributed by atoms with Gasteiger partial charge in [0.2, 0.25) is 0 Å². The average molecular weight is 176 g/mol. The number of amides is 1. The van der Waals surface area contributed by atoms with E-state index in [-0.39, 0.29) is 5.91 Å². The minimum Gasteiger partial charge on any atom is -0.267 e. The summed E-state index contributed by atoms with van der Waals surface area (Å²) in [5, 5.41) is 4.73. The third kappa shape index (κ3) is 2.15. The summed E-state index contributed by atoms with van der Waals surface area (Å²) in [4.78, 5) is 11.5. The molecule has 68 valence electrons. The van der Waals surface area contributed by atoms with Gasteiger partial charge in [0.05, 0.1) is 0 Å². The summed E-state index contributed by atoms with van der Waals surface area (Å²) in [6.07, 6.45) is 0. The first-order chi connectivity index (χ1) is 6.15. The van der Waals surface area contributed by atoms with Crippen LogP contribution in [0.5, 0.6) is 0 Å². The fraction of sp³-hybridized carbons (Fsp3) is 0.200. The zero-order valence-electron chi connectivity index (χ0n) is 7.82. The molecule has 0 fully saturated rings. The largest absolute Gasteiger partial charge is 0.273 e. The smallest absolute Gasteiger partial charge is 0.267 e. The number of carbonyl (C=O) groups excluding carboxylic acids is 1.